The van der Waals surface area contributed by atoms with Gasteiger partial charge in [-0.3, -0.25) is 19.2 Å². The van der Waals surface area contributed by atoms with Gasteiger partial charge in [0.15, 0.2) is 16.9 Å². The quantitative estimate of drug-likeness (QED) is 0.489. The van der Waals surface area contributed by atoms with Gasteiger partial charge in [-0.15, -0.1) is 0 Å². The third-order valence-corrected chi connectivity index (χ3v) is 8.08. The van der Waals surface area contributed by atoms with E-state index in [0.29, 0.717) is 0 Å². The highest BCUT2D eigenvalue weighted by Crippen LogP contribution is 2.85. The molecular formula is C24H11N4O5+. The van der Waals surface area contributed by atoms with Crippen LogP contribution in [0.25, 0.3) is 4.85 Å². The number of aliphatic hydroxyl groups is 1. The van der Waals surface area contributed by atoms with E-state index in [-0.39, 0.29) is 22.3 Å². The largest absolute Gasteiger partial charge is 0.394 e. The molecule has 0 aromatic heterocycles. The van der Waals surface area contributed by atoms with E-state index in [1.165, 1.54) is 30.4 Å². The smallest absolute Gasteiger partial charge is 0.368 e. The number of allylic oxidation sites excluding steroid dienone is 4. The molecule has 0 saturated carbocycles. The van der Waals surface area contributed by atoms with E-state index in [2.05, 4.69) is 16.2 Å². The second kappa shape index (κ2) is 4.68. The molecule has 7 rings (SSSR count). The summed E-state index contributed by atoms with van der Waals surface area (Å²) < 4.78 is 6.27. The third kappa shape index (κ3) is 1.18. The molecule has 0 bridgehead atoms. The number of benzene rings is 1. The fourth-order valence-corrected chi connectivity index (χ4v) is 7.18. The normalized spacial score (nSPS) is 42.3. The summed E-state index contributed by atoms with van der Waals surface area (Å²) in [4.78, 5) is 45.7. The summed E-state index contributed by atoms with van der Waals surface area (Å²) in [5.41, 5.74) is -3.74. The molecule has 4 N–H and O–H groups in total. The lowest BCUT2D eigenvalue weighted by molar-refractivity contribution is -0.227. The highest BCUT2D eigenvalue weighted by Gasteiger charge is 3.07. The molecule has 2 heterocycles. The molecule has 2 aliphatic heterocycles. The number of nitrogens with two attached hydrogens (primary N) is 1. The van der Waals surface area contributed by atoms with Gasteiger partial charge in [0.2, 0.25) is 11.2 Å². The minimum absolute atomic E-state index is 0.00339. The highest BCUT2D eigenvalue weighted by molar-refractivity contribution is 6.26. The molecule has 2 saturated heterocycles. The van der Waals surface area contributed by atoms with Crippen LogP contribution in [0.1, 0.15) is 15.9 Å². The van der Waals surface area contributed by atoms with Crippen LogP contribution >= 0.6 is 0 Å². The zero-order valence-corrected chi connectivity index (χ0v) is 16.6. The Hall–Kier alpha value is -4.40. The second-order valence-electron chi connectivity index (χ2n) is 8.78. The van der Waals surface area contributed by atoms with Gasteiger partial charge in [-0.05, 0) is 0 Å². The second-order valence-corrected chi connectivity index (χ2v) is 8.78. The lowest BCUT2D eigenvalue weighted by Gasteiger charge is -2.38. The SMILES string of the molecule is [C-]#[N+][C@]12C(=O)N[C@]34O[C@@]5(O)C6=C(C=C[C+]=C6)C(=O)[C@@]5(C(C#N)=C1N)C23C(=O)c1ccccc14. The minimum atomic E-state index is -2.56. The summed E-state index contributed by atoms with van der Waals surface area (Å²) in [5.74, 6) is -5.09. The first-order valence-corrected chi connectivity index (χ1v) is 10.0. The lowest BCUT2D eigenvalue weighted by atomic mass is 9.52. The lowest BCUT2D eigenvalue weighted by Crippen LogP contribution is -2.63. The summed E-state index contributed by atoms with van der Waals surface area (Å²) in [6, 6.07) is 8.10. The van der Waals surface area contributed by atoms with E-state index in [1.807, 2.05) is 6.07 Å². The molecule has 2 fully saturated rings. The van der Waals surface area contributed by atoms with Crippen LogP contribution in [0.15, 0.2) is 64.9 Å². The topological polar surface area (TPSA) is 147 Å². The number of amides is 1. The fourth-order valence-electron chi connectivity index (χ4n) is 7.18. The minimum Gasteiger partial charge on any atom is -0.394 e. The van der Waals surface area contributed by atoms with Crippen molar-refractivity contribution < 1.29 is 24.2 Å². The van der Waals surface area contributed by atoms with E-state index in [0.717, 1.165) is 0 Å². The number of fused-ring (bicyclic) bond motifs is 2. The standard InChI is InChI=1S/C24H10N4O5/c1-27-21-16(26)15(10-25)20-17(29)12-7-3-5-9-14(12)24(20,32)33-23(28-19(21)31)13-8-4-2-6-11(13)18(30)22(20,21)23/h2-4,6-9,32H,26H2/p+1/t20-,21-,22?,23+,24-/m0/s1. The van der Waals surface area contributed by atoms with Crippen LogP contribution in [-0.2, 0) is 20.1 Å². The van der Waals surface area contributed by atoms with Gasteiger partial charge in [-0.2, -0.15) is 5.26 Å². The number of rotatable bonds is 0. The van der Waals surface area contributed by atoms with Crippen molar-refractivity contribution >= 4 is 17.5 Å². The maximum atomic E-state index is 14.4. The van der Waals surface area contributed by atoms with Crippen LogP contribution in [-0.4, -0.2) is 33.9 Å². The van der Waals surface area contributed by atoms with Crippen molar-refractivity contribution in [3.8, 4) is 6.07 Å². The number of hydrogen-bond donors (Lipinski definition) is 3. The van der Waals surface area contributed by atoms with Gasteiger partial charge in [-0.1, -0.05) is 24.3 Å². The summed E-state index contributed by atoms with van der Waals surface area (Å²) in [6.45, 7) is 8.06. The number of carbonyl (C=O) groups excluding carboxylic acids is 3. The molecule has 9 heteroatoms. The molecule has 0 radical (unpaired) electrons. The molecule has 9 nitrogen and oxygen atoms in total. The Balaban J connectivity index is 1.77. The molecule has 6 aliphatic rings. The maximum absolute atomic E-state index is 14.4. The van der Waals surface area contributed by atoms with Crippen LogP contribution in [0.2, 0.25) is 0 Å². The van der Waals surface area contributed by atoms with Gasteiger partial charge in [-0.25, -0.2) is 6.57 Å². The Bertz CT molecular complexity index is 1550. The zero-order valence-electron chi connectivity index (χ0n) is 16.6. The molecular weight excluding hydrogens is 424 g/mol. The van der Waals surface area contributed by atoms with E-state index in [4.69, 9.17) is 17.0 Å². The molecule has 1 aromatic rings. The predicted molar refractivity (Wildman–Crippen MR) is 107 cm³/mol. The van der Waals surface area contributed by atoms with Gasteiger partial charge in [0.05, 0.1) is 17.7 Å². The Morgan fingerprint density at radius 1 is 1.24 bits per heavy atom. The number of hydrogen-bond acceptors (Lipinski definition) is 7. The maximum Gasteiger partial charge on any atom is 0.368 e. The number of ketones is 2. The van der Waals surface area contributed by atoms with Gasteiger partial charge in [0, 0.05) is 17.2 Å². The van der Waals surface area contributed by atoms with Crippen molar-refractivity contribution in [2.75, 3.05) is 0 Å². The molecule has 2 spiro atoms. The average Bonchev–Trinajstić information content (AvgIpc) is 3.41. The summed E-state index contributed by atoms with van der Waals surface area (Å²) >= 11 is 0. The average molecular weight is 435 g/mol. The third-order valence-electron chi connectivity index (χ3n) is 8.08. The van der Waals surface area contributed by atoms with Crippen molar-refractivity contribution in [1.82, 2.24) is 5.32 Å². The van der Waals surface area contributed by atoms with Gasteiger partial charge in [0.25, 0.3) is 5.79 Å². The summed E-state index contributed by atoms with van der Waals surface area (Å²) in [6.07, 6.45) is 6.96. The van der Waals surface area contributed by atoms with Crippen LogP contribution < -0.4 is 11.1 Å². The summed E-state index contributed by atoms with van der Waals surface area (Å²) in [5, 5.41) is 25.0. The van der Waals surface area contributed by atoms with E-state index in [1.54, 1.807) is 12.1 Å². The van der Waals surface area contributed by atoms with E-state index >= 15 is 0 Å². The van der Waals surface area contributed by atoms with Crippen molar-refractivity contribution in [2.45, 2.75) is 17.1 Å². The van der Waals surface area contributed by atoms with Crippen LogP contribution in [0.5, 0.6) is 0 Å². The molecule has 156 valence electrons. The molecule has 1 unspecified atom stereocenters. The van der Waals surface area contributed by atoms with Crippen LogP contribution in [0.4, 0.5) is 0 Å². The Morgan fingerprint density at radius 3 is 2.73 bits per heavy atom. The first-order valence-electron chi connectivity index (χ1n) is 10.0. The predicted octanol–water partition coefficient (Wildman–Crippen LogP) is 0.0737. The number of Topliss-reactive ketones (excluding diaryl/α,β-unsaturated/α-hetero) is 2. The molecule has 4 aliphatic carbocycles. The molecule has 1 amide bonds. The van der Waals surface area contributed by atoms with Crippen LogP contribution in [0.3, 0.4) is 0 Å². The zero-order chi connectivity index (χ0) is 23.2. The monoisotopic (exact) mass is 435 g/mol. The van der Waals surface area contributed by atoms with Gasteiger partial charge in [0.1, 0.15) is 29.0 Å². The number of carbonyl (C=O) groups is 3. The number of ether oxygens (including phenoxy) is 1. The van der Waals surface area contributed by atoms with Gasteiger partial charge >= 0.3 is 11.4 Å². The number of nitrogens with one attached hydrogen (secondary N) is 1. The van der Waals surface area contributed by atoms with Crippen molar-refractivity contribution in [3.05, 3.63) is 93.5 Å². The van der Waals surface area contributed by atoms with Gasteiger partial charge < -0.3 is 20.9 Å². The van der Waals surface area contributed by atoms with Crippen LogP contribution in [0, 0.1) is 34.8 Å². The summed E-state index contributed by atoms with van der Waals surface area (Å²) in [7, 11) is 0. The first-order chi connectivity index (χ1) is 15.8. The molecule has 1 aromatic carbocycles. The van der Waals surface area contributed by atoms with Crippen molar-refractivity contribution in [2.24, 2.45) is 16.6 Å². The fraction of sp³-hybridized carbons (Fsp3) is 0.208. The van der Waals surface area contributed by atoms with Crippen molar-refractivity contribution in [1.29, 1.82) is 5.26 Å². The Morgan fingerprint density at radius 2 is 2.00 bits per heavy atom. The first kappa shape index (κ1) is 18.2. The highest BCUT2D eigenvalue weighted by atomic mass is 16.7. The number of nitrogens with zero attached hydrogens (tertiary/aromatic N) is 2. The number of nitriles is 1. The van der Waals surface area contributed by atoms with E-state index < -0.39 is 56.6 Å². The Labute approximate surface area is 185 Å². The Kier molecular flexibility index (Phi) is 2.58. The molecule has 5 atom stereocenters. The molecule has 33 heavy (non-hydrogen) atoms. The van der Waals surface area contributed by atoms with E-state index in [9.17, 15) is 24.8 Å². The van der Waals surface area contributed by atoms with Crippen molar-refractivity contribution in [3.63, 3.8) is 0 Å².